The van der Waals surface area contributed by atoms with Gasteiger partial charge in [-0.05, 0) is 71.0 Å². The molecule has 3 radical (unpaired) electrons. The Bertz CT molecular complexity index is 1700. The Morgan fingerprint density at radius 3 is 2.36 bits per heavy atom. The second kappa shape index (κ2) is 9.90. The van der Waals surface area contributed by atoms with Crippen molar-refractivity contribution < 1.29 is 0 Å². The first-order valence-electron chi connectivity index (χ1n) is 14.2. The molecule has 6 heteroatoms. The molecule has 1 aliphatic heterocycles. The van der Waals surface area contributed by atoms with E-state index in [4.69, 9.17) is 9.97 Å². The van der Waals surface area contributed by atoms with Crippen LogP contribution in [0.4, 0.5) is 11.5 Å². The molecule has 0 N–H and O–H groups in total. The topological polar surface area (TPSA) is 46.8 Å². The van der Waals surface area contributed by atoms with Gasteiger partial charge in [-0.2, -0.15) is 0 Å². The second-order valence-corrected chi connectivity index (χ2v) is 12.1. The summed E-state index contributed by atoms with van der Waals surface area (Å²) in [6.45, 7) is 14.6. The van der Waals surface area contributed by atoms with E-state index in [1.165, 1.54) is 39.0 Å². The van der Waals surface area contributed by atoms with E-state index in [0.29, 0.717) is 17.8 Å². The lowest BCUT2D eigenvalue weighted by Gasteiger charge is -2.31. The van der Waals surface area contributed by atoms with Gasteiger partial charge in [0.1, 0.15) is 17.8 Å². The lowest BCUT2D eigenvalue weighted by molar-refractivity contribution is 0.761. The number of hydrogen-bond acceptors (Lipinski definition) is 4. The predicted molar refractivity (Wildman–Crippen MR) is 163 cm³/mol. The number of anilines is 2. The number of aromatic nitrogens is 4. The van der Waals surface area contributed by atoms with Crippen LogP contribution in [0.25, 0.3) is 33.1 Å². The summed E-state index contributed by atoms with van der Waals surface area (Å²) in [4.78, 5) is 16.9. The van der Waals surface area contributed by atoms with Gasteiger partial charge in [-0.1, -0.05) is 65.8 Å². The van der Waals surface area contributed by atoms with Crippen molar-refractivity contribution in [2.75, 3.05) is 11.4 Å². The second-order valence-electron chi connectivity index (χ2n) is 11.7. The van der Waals surface area contributed by atoms with Gasteiger partial charge < -0.3 is 9.13 Å². The minimum absolute atomic E-state index is 0.327. The number of para-hydroxylation sites is 1. The Labute approximate surface area is 234 Å². The Kier molecular flexibility index (Phi) is 6.54. The first-order valence-corrected chi connectivity index (χ1v) is 14.6. The molecule has 0 fully saturated rings. The van der Waals surface area contributed by atoms with Crippen molar-refractivity contribution in [3.8, 4) is 11.1 Å². The highest BCUT2D eigenvalue weighted by Crippen LogP contribution is 2.43. The fourth-order valence-electron chi connectivity index (χ4n) is 6.48. The third-order valence-corrected chi connectivity index (χ3v) is 8.54. The number of rotatable bonds is 5. The average molecular weight is 531 g/mol. The molecule has 0 spiro atoms. The zero-order valence-corrected chi connectivity index (χ0v) is 24.8. The molecule has 0 amide bonds. The smallest absolute Gasteiger partial charge is 0.197 e. The first-order chi connectivity index (χ1) is 18.8. The number of benzene rings is 2. The van der Waals surface area contributed by atoms with Crippen LogP contribution in [0.5, 0.6) is 0 Å². The van der Waals surface area contributed by atoms with Crippen LogP contribution in [-0.2, 0) is 6.42 Å². The first kappa shape index (κ1) is 25.7. The molecule has 5 nitrogen and oxygen atoms in total. The maximum atomic E-state index is 5.04. The molecule has 0 saturated carbocycles. The number of pyridine rings is 1. The SMILES string of the molecule is CC(C)c1c(-c2ccc3ncnc(N4CCCc5ccccc54)c3c2)cnc2c1c(C(C)C)c(C(C)C)n2[Si]. The molecule has 2 aromatic carbocycles. The van der Waals surface area contributed by atoms with Gasteiger partial charge in [0.25, 0.3) is 0 Å². The molecule has 0 atom stereocenters. The summed E-state index contributed by atoms with van der Waals surface area (Å²) < 4.78 is 2.13. The van der Waals surface area contributed by atoms with Crippen molar-refractivity contribution in [2.24, 2.45) is 0 Å². The Hall–Kier alpha value is -3.51. The largest absolute Gasteiger partial charge is 0.358 e. The van der Waals surface area contributed by atoms with Crippen molar-refractivity contribution in [1.29, 1.82) is 0 Å². The van der Waals surface area contributed by atoms with E-state index in [9.17, 15) is 0 Å². The minimum atomic E-state index is 0.327. The van der Waals surface area contributed by atoms with Crippen molar-refractivity contribution in [1.82, 2.24) is 19.2 Å². The quantitative estimate of drug-likeness (QED) is 0.216. The van der Waals surface area contributed by atoms with Crippen molar-refractivity contribution in [2.45, 2.75) is 72.1 Å². The molecule has 5 aromatic rings. The summed E-state index contributed by atoms with van der Waals surface area (Å²) in [5.74, 6) is 2.07. The van der Waals surface area contributed by atoms with Gasteiger partial charge in [-0.3, -0.25) is 0 Å². The van der Waals surface area contributed by atoms with Gasteiger partial charge in [-0.25, -0.2) is 15.0 Å². The standard InChI is InChI=1S/C33H36N5Si/c1-19(2)28-25(17-34-33-30(28)29(20(3)4)31(21(5)6)38(33)39)23-13-14-26-24(16-23)32(36-18-35-26)37-15-9-11-22-10-7-8-12-27(22)37/h7-8,10,12-14,16-21H,9,11,15H2,1-6H3. The number of hydrogen-bond donors (Lipinski definition) is 0. The molecule has 0 unspecified atom stereocenters. The van der Waals surface area contributed by atoms with Crippen LogP contribution >= 0.6 is 0 Å². The van der Waals surface area contributed by atoms with E-state index in [1.54, 1.807) is 6.33 Å². The van der Waals surface area contributed by atoms with Gasteiger partial charge in [0.05, 0.1) is 5.52 Å². The maximum Gasteiger partial charge on any atom is 0.197 e. The zero-order valence-electron chi connectivity index (χ0n) is 23.8. The van der Waals surface area contributed by atoms with Crippen LogP contribution in [-0.4, -0.2) is 36.1 Å². The van der Waals surface area contributed by atoms with Crippen LogP contribution in [0.3, 0.4) is 0 Å². The normalized spacial score (nSPS) is 13.8. The third-order valence-electron chi connectivity index (χ3n) is 8.09. The summed E-state index contributed by atoms with van der Waals surface area (Å²) in [5, 5.41) is 2.36. The molecule has 0 saturated heterocycles. The van der Waals surface area contributed by atoms with Gasteiger partial charge in [0.15, 0.2) is 10.4 Å². The van der Waals surface area contributed by atoms with E-state index in [2.05, 4.69) is 115 Å². The average Bonchev–Trinajstić information content (AvgIpc) is 3.24. The maximum absolute atomic E-state index is 5.04. The minimum Gasteiger partial charge on any atom is -0.358 e. The molecule has 4 heterocycles. The van der Waals surface area contributed by atoms with Gasteiger partial charge in [-0.15, -0.1) is 0 Å². The molecule has 3 aromatic heterocycles. The van der Waals surface area contributed by atoms with Crippen molar-refractivity contribution in [3.05, 3.63) is 77.4 Å². The Morgan fingerprint density at radius 2 is 1.62 bits per heavy atom. The van der Waals surface area contributed by atoms with Crippen LogP contribution in [0.2, 0.25) is 0 Å². The number of nitrogens with zero attached hydrogens (tertiary/aromatic N) is 5. The molecule has 197 valence electrons. The molecular formula is C33H36N5Si. The summed E-state index contributed by atoms with van der Waals surface area (Å²) in [5.41, 5.74) is 11.0. The zero-order chi connectivity index (χ0) is 27.4. The summed E-state index contributed by atoms with van der Waals surface area (Å²) in [6, 6.07) is 15.3. The monoisotopic (exact) mass is 530 g/mol. The highest BCUT2D eigenvalue weighted by molar-refractivity contribution is 6.13. The van der Waals surface area contributed by atoms with Crippen LogP contribution in [0, 0.1) is 0 Å². The molecular weight excluding hydrogens is 494 g/mol. The number of aryl methyl sites for hydroxylation is 1. The molecule has 39 heavy (non-hydrogen) atoms. The Morgan fingerprint density at radius 1 is 0.846 bits per heavy atom. The Balaban J connectivity index is 1.60. The van der Waals surface area contributed by atoms with Gasteiger partial charge in [0.2, 0.25) is 0 Å². The summed E-state index contributed by atoms with van der Waals surface area (Å²) >= 11 is 0. The van der Waals surface area contributed by atoms with Gasteiger partial charge in [0, 0.05) is 40.5 Å². The van der Waals surface area contributed by atoms with Crippen LogP contribution < -0.4 is 4.90 Å². The van der Waals surface area contributed by atoms with Crippen LogP contribution in [0.1, 0.15) is 88.1 Å². The predicted octanol–water partition coefficient (Wildman–Crippen LogP) is 8.03. The summed E-state index contributed by atoms with van der Waals surface area (Å²) in [7, 11) is 3.93. The van der Waals surface area contributed by atoms with E-state index < -0.39 is 0 Å². The summed E-state index contributed by atoms with van der Waals surface area (Å²) in [6.07, 6.45) is 5.97. The van der Waals surface area contributed by atoms with E-state index >= 15 is 0 Å². The molecule has 0 aliphatic carbocycles. The van der Waals surface area contributed by atoms with E-state index in [1.807, 2.05) is 0 Å². The highest BCUT2D eigenvalue weighted by atomic mass is 28.2. The fraction of sp³-hybridized carbons (Fsp3) is 0.364. The third kappa shape index (κ3) is 4.16. The molecule has 1 aliphatic rings. The molecule has 6 rings (SSSR count). The van der Waals surface area contributed by atoms with E-state index in [0.717, 1.165) is 47.3 Å². The van der Waals surface area contributed by atoms with E-state index in [-0.39, 0.29) is 0 Å². The van der Waals surface area contributed by atoms with Crippen molar-refractivity contribution in [3.63, 3.8) is 0 Å². The van der Waals surface area contributed by atoms with Gasteiger partial charge >= 0.3 is 0 Å². The number of fused-ring (bicyclic) bond motifs is 3. The van der Waals surface area contributed by atoms with Crippen molar-refractivity contribution >= 4 is 43.8 Å². The fourth-order valence-corrected chi connectivity index (χ4v) is 7.02. The molecule has 0 bridgehead atoms. The van der Waals surface area contributed by atoms with Crippen LogP contribution in [0.15, 0.2) is 55.0 Å². The highest BCUT2D eigenvalue weighted by Gasteiger charge is 2.26. The lowest BCUT2D eigenvalue weighted by Crippen LogP contribution is -2.25. The lowest BCUT2D eigenvalue weighted by atomic mass is 9.86.